The van der Waals surface area contributed by atoms with E-state index in [-0.39, 0.29) is 18.2 Å². The molecule has 0 fully saturated rings. The lowest BCUT2D eigenvalue weighted by Crippen LogP contribution is -2.41. The Morgan fingerprint density at radius 1 is 1.40 bits per heavy atom. The van der Waals surface area contributed by atoms with Gasteiger partial charge in [0.25, 0.3) is 5.91 Å². The molecule has 0 radical (unpaired) electrons. The van der Waals surface area contributed by atoms with Crippen LogP contribution in [0, 0.1) is 0 Å². The van der Waals surface area contributed by atoms with Gasteiger partial charge in [0.05, 0.1) is 22.8 Å². The lowest BCUT2D eigenvalue weighted by Gasteiger charge is -2.25. The Bertz CT molecular complexity index is 772. The number of hydrogen-bond acceptors (Lipinski definition) is 5. The SMILES string of the molecule is CC(C)c1csc(CCNC(=O)C[C@H]2Oc3ccccc3NC2=O)n1. The lowest BCUT2D eigenvalue weighted by atomic mass is 10.1. The Labute approximate surface area is 150 Å². The van der Waals surface area contributed by atoms with Crippen molar-refractivity contribution in [2.24, 2.45) is 0 Å². The van der Waals surface area contributed by atoms with Crippen LogP contribution in [0.5, 0.6) is 5.75 Å². The fourth-order valence-electron chi connectivity index (χ4n) is 2.48. The van der Waals surface area contributed by atoms with Crippen molar-refractivity contribution in [1.29, 1.82) is 0 Å². The van der Waals surface area contributed by atoms with Crippen molar-refractivity contribution in [2.45, 2.75) is 38.7 Å². The van der Waals surface area contributed by atoms with Gasteiger partial charge >= 0.3 is 0 Å². The summed E-state index contributed by atoms with van der Waals surface area (Å²) in [6, 6.07) is 7.18. The second-order valence-corrected chi connectivity index (χ2v) is 7.16. The number of nitrogens with zero attached hydrogens (tertiary/aromatic N) is 1. The smallest absolute Gasteiger partial charge is 0.266 e. The average molecular weight is 359 g/mol. The van der Waals surface area contributed by atoms with Crippen molar-refractivity contribution in [1.82, 2.24) is 10.3 Å². The largest absolute Gasteiger partial charge is 0.478 e. The number of benzene rings is 1. The Kier molecular flexibility index (Phi) is 5.33. The monoisotopic (exact) mass is 359 g/mol. The Morgan fingerprint density at radius 3 is 2.96 bits per heavy atom. The summed E-state index contributed by atoms with van der Waals surface area (Å²) in [7, 11) is 0. The van der Waals surface area contributed by atoms with Gasteiger partial charge in [0.15, 0.2) is 6.10 Å². The number of thiazole rings is 1. The molecule has 2 heterocycles. The first kappa shape index (κ1) is 17.4. The normalized spacial score (nSPS) is 16.1. The fraction of sp³-hybridized carbons (Fsp3) is 0.389. The van der Waals surface area contributed by atoms with Crippen molar-refractivity contribution < 1.29 is 14.3 Å². The van der Waals surface area contributed by atoms with Gasteiger partial charge in [0.1, 0.15) is 5.75 Å². The van der Waals surface area contributed by atoms with Gasteiger partial charge in [-0.25, -0.2) is 4.98 Å². The summed E-state index contributed by atoms with van der Waals surface area (Å²) in [6.07, 6.45) is -0.124. The minimum Gasteiger partial charge on any atom is -0.478 e. The maximum atomic E-state index is 12.1. The highest BCUT2D eigenvalue weighted by molar-refractivity contribution is 7.09. The zero-order valence-corrected chi connectivity index (χ0v) is 15.1. The van der Waals surface area contributed by atoms with E-state index < -0.39 is 6.10 Å². The summed E-state index contributed by atoms with van der Waals surface area (Å²) in [5.41, 5.74) is 1.71. The molecule has 2 N–H and O–H groups in total. The number of hydrogen-bond donors (Lipinski definition) is 2. The zero-order valence-electron chi connectivity index (χ0n) is 14.2. The maximum Gasteiger partial charge on any atom is 0.266 e. The van der Waals surface area contributed by atoms with Crippen LogP contribution in [0.1, 0.15) is 36.9 Å². The molecule has 1 aliphatic heterocycles. The summed E-state index contributed by atoms with van der Waals surface area (Å²) >= 11 is 1.61. The van der Waals surface area contributed by atoms with Crippen molar-refractivity contribution in [3.05, 3.63) is 40.3 Å². The summed E-state index contributed by atoms with van der Waals surface area (Å²) in [5.74, 6) is 0.490. The Morgan fingerprint density at radius 2 is 2.20 bits per heavy atom. The molecule has 1 atom stereocenters. The van der Waals surface area contributed by atoms with Gasteiger partial charge in [-0.15, -0.1) is 11.3 Å². The number of nitrogens with one attached hydrogen (secondary N) is 2. The first-order valence-corrected chi connectivity index (χ1v) is 9.18. The fourth-order valence-corrected chi connectivity index (χ4v) is 3.44. The average Bonchev–Trinajstić information content (AvgIpc) is 3.05. The molecular weight excluding hydrogens is 338 g/mol. The zero-order chi connectivity index (χ0) is 17.8. The van der Waals surface area contributed by atoms with Crippen molar-refractivity contribution in [3.63, 3.8) is 0 Å². The highest BCUT2D eigenvalue weighted by atomic mass is 32.1. The molecule has 0 saturated carbocycles. The molecule has 3 rings (SSSR count). The quantitative estimate of drug-likeness (QED) is 0.831. The number of carbonyl (C=O) groups excluding carboxylic acids is 2. The lowest BCUT2D eigenvalue weighted by molar-refractivity contribution is -0.130. The summed E-state index contributed by atoms with van der Waals surface area (Å²) in [4.78, 5) is 28.7. The minimum atomic E-state index is -0.803. The van der Waals surface area contributed by atoms with Crippen LogP contribution in [0.3, 0.4) is 0 Å². The predicted octanol–water partition coefficient (Wildman–Crippen LogP) is 2.72. The molecule has 2 aromatic rings. The number of amides is 2. The number of fused-ring (bicyclic) bond motifs is 1. The van der Waals surface area contributed by atoms with Crippen LogP contribution in [-0.4, -0.2) is 29.4 Å². The maximum absolute atomic E-state index is 12.1. The molecular formula is C18H21N3O3S. The van der Waals surface area contributed by atoms with Crippen LogP contribution < -0.4 is 15.4 Å². The molecule has 0 saturated heterocycles. The number of carbonyl (C=O) groups is 2. The van der Waals surface area contributed by atoms with Crippen LogP contribution in [-0.2, 0) is 16.0 Å². The van der Waals surface area contributed by atoms with Crippen molar-refractivity contribution >= 4 is 28.8 Å². The molecule has 0 aliphatic carbocycles. The molecule has 1 aliphatic rings. The van der Waals surface area contributed by atoms with E-state index in [1.807, 2.05) is 12.1 Å². The summed E-state index contributed by atoms with van der Waals surface area (Å²) in [5, 5.41) is 8.65. The van der Waals surface area contributed by atoms with Crippen LogP contribution >= 0.6 is 11.3 Å². The highest BCUT2D eigenvalue weighted by Crippen LogP contribution is 2.29. The van der Waals surface area contributed by atoms with E-state index in [9.17, 15) is 9.59 Å². The molecule has 0 bridgehead atoms. The molecule has 7 heteroatoms. The third kappa shape index (κ3) is 4.36. The molecule has 2 amide bonds. The van der Waals surface area contributed by atoms with Crippen molar-refractivity contribution in [3.8, 4) is 5.75 Å². The third-order valence-electron chi connectivity index (χ3n) is 3.90. The second kappa shape index (κ2) is 7.65. The highest BCUT2D eigenvalue weighted by Gasteiger charge is 2.29. The molecule has 0 unspecified atom stereocenters. The van der Waals surface area contributed by atoms with E-state index in [0.29, 0.717) is 30.3 Å². The number of aromatic nitrogens is 1. The molecule has 0 spiro atoms. The van der Waals surface area contributed by atoms with Crippen LogP contribution in [0.2, 0.25) is 0 Å². The van der Waals surface area contributed by atoms with Crippen LogP contribution in [0.25, 0.3) is 0 Å². The van der Waals surface area contributed by atoms with Gasteiger partial charge < -0.3 is 15.4 Å². The van der Waals surface area contributed by atoms with Crippen LogP contribution in [0.4, 0.5) is 5.69 Å². The molecule has 132 valence electrons. The third-order valence-corrected chi connectivity index (χ3v) is 4.83. The summed E-state index contributed by atoms with van der Waals surface area (Å²) in [6.45, 7) is 4.71. The molecule has 1 aromatic carbocycles. The van der Waals surface area contributed by atoms with E-state index in [1.54, 1.807) is 23.5 Å². The first-order chi connectivity index (χ1) is 12.0. The van der Waals surface area contributed by atoms with Gasteiger partial charge in [-0.1, -0.05) is 26.0 Å². The van der Waals surface area contributed by atoms with Gasteiger partial charge in [-0.2, -0.15) is 0 Å². The van der Waals surface area contributed by atoms with Crippen molar-refractivity contribution in [2.75, 3.05) is 11.9 Å². The standard InChI is InChI=1S/C18H21N3O3S/c1-11(2)13-10-25-17(20-13)7-8-19-16(22)9-15-18(23)21-12-5-3-4-6-14(12)24-15/h3-6,10-11,15H,7-9H2,1-2H3,(H,19,22)(H,21,23)/t15-/m1/s1. The van der Waals surface area contributed by atoms with E-state index in [0.717, 1.165) is 10.7 Å². The number of rotatable bonds is 6. The van der Waals surface area contributed by atoms with Crippen LogP contribution in [0.15, 0.2) is 29.6 Å². The van der Waals surface area contributed by atoms with Gasteiger partial charge in [0, 0.05) is 18.3 Å². The minimum absolute atomic E-state index is 0.00468. The molecule has 1 aromatic heterocycles. The second-order valence-electron chi connectivity index (χ2n) is 6.22. The van der Waals surface area contributed by atoms with E-state index in [2.05, 4.69) is 34.8 Å². The van der Waals surface area contributed by atoms with Gasteiger partial charge in [0.2, 0.25) is 5.91 Å². The Balaban J connectivity index is 1.47. The van der Waals surface area contributed by atoms with Gasteiger partial charge in [-0.3, -0.25) is 9.59 Å². The topological polar surface area (TPSA) is 80.3 Å². The van der Waals surface area contributed by atoms with E-state index in [4.69, 9.17) is 4.74 Å². The van der Waals surface area contributed by atoms with Gasteiger partial charge in [-0.05, 0) is 18.1 Å². The van der Waals surface area contributed by atoms with E-state index >= 15 is 0 Å². The predicted molar refractivity (Wildman–Crippen MR) is 97.0 cm³/mol. The number of para-hydroxylation sites is 2. The number of anilines is 1. The number of ether oxygens (including phenoxy) is 1. The van der Waals surface area contributed by atoms with E-state index in [1.165, 1.54) is 0 Å². The summed E-state index contributed by atoms with van der Waals surface area (Å²) < 4.78 is 5.63. The molecule has 25 heavy (non-hydrogen) atoms. The first-order valence-electron chi connectivity index (χ1n) is 8.30. The molecule has 6 nitrogen and oxygen atoms in total. The Hall–Kier alpha value is -2.41.